The summed E-state index contributed by atoms with van der Waals surface area (Å²) in [5.74, 6) is -1.79. The molecule has 0 radical (unpaired) electrons. The number of anilines is 2. The van der Waals surface area contributed by atoms with Crippen molar-refractivity contribution in [3.05, 3.63) is 114 Å². The molecule has 0 unspecified atom stereocenters. The van der Waals surface area contributed by atoms with Gasteiger partial charge in [-0.1, -0.05) is 59.8 Å². The third kappa shape index (κ3) is 3.90. The predicted molar refractivity (Wildman–Crippen MR) is 134 cm³/mol. The summed E-state index contributed by atoms with van der Waals surface area (Å²) in [6, 6.07) is 21.2. The molecule has 1 aromatic heterocycles. The van der Waals surface area contributed by atoms with Gasteiger partial charge in [-0.25, -0.2) is 9.07 Å². The number of rotatable bonds is 6. The van der Waals surface area contributed by atoms with E-state index in [-0.39, 0.29) is 18.3 Å². The number of fused-ring (bicyclic) bond motifs is 1. The molecule has 2 atom stereocenters. The third-order valence-electron chi connectivity index (χ3n) is 6.54. The van der Waals surface area contributed by atoms with E-state index in [0.29, 0.717) is 22.6 Å². The lowest BCUT2D eigenvalue weighted by Crippen LogP contribution is -2.61. The first kappa shape index (κ1) is 22.5. The molecule has 0 spiro atoms. The van der Waals surface area contributed by atoms with Gasteiger partial charge < -0.3 is 4.90 Å². The van der Waals surface area contributed by atoms with Crippen LogP contribution in [-0.4, -0.2) is 38.6 Å². The molecule has 2 aliphatic heterocycles. The van der Waals surface area contributed by atoms with Gasteiger partial charge in [0.2, 0.25) is 0 Å². The molecule has 1 fully saturated rings. The van der Waals surface area contributed by atoms with Gasteiger partial charge in [-0.05, 0) is 42.0 Å². The van der Waals surface area contributed by atoms with Crippen LogP contribution in [0.15, 0.2) is 91.1 Å². The van der Waals surface area contributed by atoms with Gasteiger partial charge in [-0.3, -0.25) is 19.3 Å². The SMILES string of the molecule is O=C1C(=O)N(Cc2cn([C@@H]3C(=O)N(c4ccc(F)cc4)[C@@H]3/C=C/c3ccccc3)nn2)c2ccccc21. The first-order chi connectivity index (χ1) is 18.0. The Morgan fingerprint density at radius 2 is 1.62 bits per heavy atom. The average molecular weight is 493 g/mol. The first-order valence-electron chi connectivity index (χ1n) is 11.7. The highest BCUT2D eigenvalue weighted by Crippen LogP contribution is 2.37. The maximum atomic E-state index is 13.5. The molecule has 2 amide bonds. The molecule has 1 saturated heterocycles. The number of hydrogen-bond donors (Lipinski definition) is 0. The van der Waals surface area contributed by atoms with Gasteiger partial charge in [0.1, 0.15) is 11.5 Å². The molecular weight excluding hydrogens is 473 g/mol. The Morgan fingerprint density at radius 1 is 0.892 bits per heavy atom. The summed E-state index contributed by atoms with van der Waals surface area (Å²) in [7, 11) is 0. The normalized spacial score (nSPS) is 19.0. The van der Waals surface area contributed by atoms with Crippen molar-refractivity contribution in [1.29, 1.82) is 0 Å². The Hall–Kier alpha value is -4.92. The summed E-state index contributed by atoms with van der Waals surface area (Å²) >= 11 is 0. The van der Waals surface area contributed by atoms with Crippen molar-refractivity contribution in [2.75, 3.05) is 9.80 Å². The highest BCUT2D eigenvalue weighted by Gasteiger charge is 2.49. The van der Waals surface area contributed by atoms with Crippen LogP contribution in [0.4, 0.5) is 15.8 Å². The Morgan fingerprint density at radius 3 is 2.41 bits per heavy atom. The Labute approximate surface area is 211 Å². The van der Waals surface area contributed by atoms with E-state index in [1.54, 1.807) is 47.5 Å². The van der Waals surface area contributed by atoms with Crippen LogP contribution < -0.4 is 9.80 Å². The number of carbonyl (C=O) groups is 3. The second kappa shape index (κ2) is 8.94. The highest BCUT2D eigenvalue weighted by atomic mass is 19.1. The summed E-state index contributed by atoms with van der Waals surface area (Å²) in [4.78, 5) is 41.1. The zero-order valence-electron chi connectivity index (χ0n) is 19.4. The monoisotopic (exact) mass is 493 g/mol. The molecule has 0 saturated carbocycles. The molecule has 9 heteroatoms. The van der Waals surface area contributed by atoms with E-state index >= 15 is 0 Å². The van der Waals surface area contributed by atoms with Crippen LogP contribution >= 0.6 is 0 Å². The highest BCUT2D eigenvalue weighted by molar-refractivity contribution is 6.52. The molecule has 37 heavy (non-hydrogen) atoms. The lowest BCUT2D eigenvalue weighted by Gasteiger charge is -2.45. The van der Waals surface area contributed by atoms with Crippen molar-refractivity contribution in [3.8, 4) is 0 Å². The number of carbonyl (C=O) groups excluding carboxylic acids is 3. The van der Waals surface area contributed by atoms with E-state index in [9.17, 15) is 18.8 Å². The van der Waals surface area contributed by atoms with Gasteiger partial charge in [0.25, 0.3) is 17.6 Å². The molecule has 4 aromatic rings. The fourth-order valence-corrected chi connectivity index (χ4v) is 4.72. The minimum Gasteiger partial charge on any atom is -0.301 e. The standard InChI is InChI=1S/C28H20FN5O3/c29-19-11-13-21(14-12-19)34-24(15-10-18-6-2-1-3-7-18)25(27(34)36)33-17-20(30-31-33)16-32-23-9-5-4-8-22(23)26(35)28(32)37/h1-15,17,24-25H,16H2/b15-10+/t24-,25+/m1/s1. The van der Waals surface area contributed by atoms with Crippen LogP contribution in [0, 0.1) is 5.82 Å². The topological polar surface area (TPSA) is 88.4 Å². The van der Waals surface area contributed by atoms with E-state index in [2.05, 4.69) is 10.3 Å². The minimum absolute atomic E-state index is 0.0503. The predicted octanol–water partition coefficient (Wildman–Crippen LogP) is 3.82. The number of halogens is 1. The van der Waals surface area contributed by atoms with Crippen LogP contribution in [0.25, 0.3) is 6.08 Å². The summed E-state index contributed by atoms with van der Waals surface area (Å²) < 4.78 is 15.0. The van der Waals surface area contributed by atoms with Gasteiger partial charge in [0.05, 0.1) is 30.0 Å². The van der Waals surface area contributed by atoms with E-state index in [1.807, 2.05) is 42.5 Å². The zero-order valence-corrected chi connectivity index (χ0v) is 19.4. The van der Waals surface area contributed by atoms with Gasteiger partial charge in [-0.2, -0.15) is 0 Å². The number of hydrogen-bond acceptors (Lipinski definition) is 5. The number of β-lactam (4-membered cyclic amide) rings is 1. The number of aromatic nitrogens is 3. The fraction of sp³-hybridized carbons (Fsp3) is 0.107. The van der Waals surface area contributed by atoms with Crippen molar-refractivity contribution in [2.45, 2.75) is 18.6 Å². The van der Waals surface area contributed by atoms with E-state index in [0.717, 1.165) is 5.56 Å². The zero-order chi connectivity index (χ0) is 25.5. The van der Waals surface area contributed by atoms with Gasteiger partial charge in [0, 0.05) is 5.69 Å². The number of para-hydroxylation sites is 1. The molecule has 3 heterocycles. The quantitative estimate of drug-likeness (QED) is 0.301. The van der Waals surface area contributed by atoms with Crippen molar-refractivity contribution in [2.24, 2.45) is 0 Å². The fourth-order valence-electron chi connectivity index (χ4n) is 4.72. The van der Waals surface area contributed by atoms with Crippen molar-refractivity contribution in [3.63, 3.8) is 0 Å². The summed E-state index contributed by atoms with van der Waals surface area (Å²) in [6.07, 6.45) is 5.45. The number of Topliss-reactive ketones (excluding diaryl/α,β-unsaturated/α-hetero) is 1. The third-order valence-corrected chi connectivity index (χ3v) is 6.54. The number of nitrogens with zero attached hydrogens (tertiary/aromatic N) is 5. The van der Waals surface area contributed by atoms with Crippen molar-refractivity contribution >= 4 is 35.0 Å². The molecule has 0 N–H and O–H groups in total. The molecule has 0 bridgehead atoms. The molecule has 2 aliphatic rings. The van der Waals surface area contributed by atoms with Crippen LogP contribution in [0.2, 0.25) is 0 Å². The summed E-state index contributed by atoms with van der Waals surface area (Å²) in [6.45, 7) is 0.0503. The Bertz CT molecular complexity index is 1550. The number of benzene rings is 3. The molecule has 8 nitrogen and oxygen atoms in total. The lowest BCUT2D eigenvalue weighted by atomic mass is 9.92. The number of ketones is 1. The van der Waals surface area contributed by atoms with E-state index < -0.39 is 23.8 Å². The van der Waals surface area contributed by atoms with Crippen LogP contribution in [0.3, 0.4) is 0 Å². The average Bonchev–Trinajstić information content (AvgIpc) is 3.46. The Balaban J connectivity index is 1.28. The maximum Gasteiger partial charge on any atom is 0.299 e. The van der Waals surface area contributed by atoms with Crippen LogP contribution in [0.5, 0.6) is 0 Å². The number of amides is 2. The molecule has 6 rings (SSSR count). The Kier molecular flexibility index (Phi) is 5.45. The maximum absolute atomic E-state index is 13.5. The summed E-state index contributed by atoms with van der Waals surface area (Å²) in [5, 5.41) is 8.36. The first-order valence-corrected chi connectivity index (χ1v) is 11.7. The molecular formula is C28H20FN5O3. The van der Waals surface area contributed by atoms with Gasteiger partial charge in [0.15, 0.2) is 6.04 Å². The van der Waals surface area contributed by atoms with E-state index in [4.69, 9.17) is 0 Å². The molecule has 3 aromatic carbocycles. The van der Waals surface area contributed by atoms with Gasteiger partial charge in [-0.15, -0.1) is 5.10 Å². The van der Waals surface area contributed by atoms with Gasteiger partial charge >= 0.3 is 0 Å². The van der Waals surface area contributed by atoms with Crippen molar-refractivity contribution < 1.29 is 18.8 Å². The van der Waals surface area contributed by atoms with E-state index in [1.165, 1.54) is 21.7 Å². The molecule has 182 valence electrons. The smallest absolute Gasteiger partial charge is 0.299 e. The summed E-state index contributed by atoms with van der Waals surface area (Å²) in [5.41, 5.74) is 2.86. The van der Waals surface area contributed by atoms with Crippen LogP contribution in [-0.2, 0) is 16.1 Å². The minimum atomic E-state index is -0.672. The van der Waals surface area contributed by atoms with Crippen LogP contribution in [0.1, 0.15) is 27.7 Å². The lowest BCUT2D eigenvalue weighted by molar-refractivity contribution is -0.128. The molecule has 0 aliphatic carbocycles. The second-order valence-electron chi connectivity index (χ2n) is 8.82. The largest absolute Gasteiger partial charge is 0.301 e. The second-order valence-corrected chi connectivity index (χ2v) is 8.82. The van der Waals surface area contributed by atoms with Crippen molar-refractivity contribution in [1.82, 2.24) is 15.0 Å².